The topological polar surface area (TPSA) is 67.8 Å². The highest BCUT2D eigenvalue weighted by Gasteiger charge is 2.25. The molecule has 1 fully saturated rings. The lowest BCUT2D eigenvalue weighted by Crippen LogP contribution is -2.32. The molecule has 0 aromatic carbocycles. The Morgan fingerprint density at radius 3 is 2.37 bits per heavy atom. The third-order valence-corrected chi connectivity index (χ3v) is 4.24. The van der Waals surface area contributed by atoms with Crippen molar-refractivity contribution >= 4 is 5.84 Å². The smallest absolute Gasteiger partial charge is 0.144 e. The van der Waals surface area contributed by atoms with E-state index in [4.69, 9.17) is 15.7 Å². The summed E-state index contributed by atoms with van der Waals surface area (Å²) in [6.45, 7) is 9.38. The van der Waals surface area contributed by atoms with E-state index in [-0.39, 0.29) is 5.41 Å². The largest absolute Gasteiger partial charge is 0.409 e. The van der Waals surface area contributed by atoms with Crippen molar-refractivity contribution < 1.29 is 9.94 Å². The normalized spacial score (nSPS) is 29.5. The Morgan fingerprint density at radius 1 is 1.26 bits per heavy atom. The molecule has 0 aromatic heterocycles. The fourth-order valence-electron chi connectivity index (χ4n) is 3.04. The molecule has 0 spiro atoms. The van der Waals surface area contributed by atoms with E-state index >= 15 is 0 Å². The maximum atomic E-state index is 8.72. The standard InChI is InChI=1S/C15H30N2O2/c1-11-8-12(2)10-13(9-11)19-7-5-6-15(3,4)14(16)17-18/h11-13,18H,5-10H2,1-4H3,(H2,16,17). The molecule has 112 valence electrons. The van der Waals surface area contributed by atoms with Crippen molar-refractivity contribution in [3.63, 3.8) is 0 Å². The van der Waals surface area contributed by atoms with E-state index < -0.39 is 0 Å². The Morgan fingerprint density at radius 2 is 1.84 bits per heavy atom. The predicted molar refractivity (Wildman–Crippen MR) is 78.3 cm³/mol. The number of rotatable bonds is 6. The van der Waals surface area contributed by atoms with Crippen LogP contribution >= 0.6 is 0 Å². The molecule has 1 aliphatic rings. The molecule has 2 atom stereocenters. The van der Waals surface area contributed by atoms with E-state index in [0.29, 0.717) is 11.9 Å². The number of nitrogens with zero attached hydrogens (tertiary/aromatic N) is 1. The molecule has 1 saturated carbocycles. The summed E-state index contributed by atoms with van der Waals surface area (Å²) in [6, 6.07) is 0. The summed E-state index contributed by atoms with van der Waals surface area (Å²) in [5, 5.41) is 11.8. The first kappa shape index (κ1) is 16.3. The van der Waals surface area contributed by atoms with Crippen LogP contribution in [0.25, 0.3) is 0 Å². The monoisotopic (exact) mass is 270 g/mol. The molecular weight excluding hydrogens is 240 g/mol. The molecule has 1 aliphatic carbocycles. The van der Waals surface area contributed by atoms with E-state index in [1.165, 1.54) is 19.3 Å². The summed E-state index contributed by atoms with van der Waals surface area (Å²) in [5.74, 6) is 1.86. The Balaban J connectivity index is 2.24. The van der Waals surface area contributed by atoms with Crippen molar-refractivity contribution in [2.45, 2.75) is 65.9 Å². The van der Waals surface area contributed by atoms with Crippen LogP contribution in [0.1, 0.15) is 59.8 Å². The first-order chi connectivity index (χ1) is 8.85. The van der Waals surface area contributed by atoms with Crippen LogP contribution in [0.2, 0.25) is 0 Å². The summed E-state index contributed by atoms with van der Waals surface area (Å²) in [5.41, 5.74) is 5.41. The number of nitrogens with two attached hydrogens (primary N) is 1. The zero-order valence-corrected chi connectivity index (χ0v) is 12.9. The van der Waals surface area contributed by atoms with Gasteiger partial charge in [-0.25, -0.2) is 0 Å². The lowest BCUT2D eigenvalue weighted by Gasteiger charge is -2.31. The second-order valence-electron chi connectivity index (χ2n) is 6.88. The number of hydrogen-bond donors (Lipinski definition) is 2. The van der Waals surface area contributed by atoms with Crippen molar-refractivity contribution in [1.82, 2.24) is 0 Å². The van der Waals surface area contributed by atoms with Crippen LogP contribution in [0.4, 0.5) is 0 Å². The maximum Gasteiger partial charge on any atom is 0.144 e. The van der Waals surface area contributed by atoms with Crippen molar-refractivity contribution in [1.29, 1.82) is 0 Å². The minimum Gasteiger partial charge on any atom is -0.409 e. The molecule has 4 heteroatoms. The maximum absolute atomic E-state index is 8.72. The van der Waals surface area contributed by atoms with Crippen molar-refractivity contribution in [3.05, 3.63) is 0 Å². The summed E-state index contributed by atoms with van der Waals surface area (Å²) in [6.07, 6.45) is 5.95. The minimum absolute atomic E-state index is 0.259. The highest BCUT2D eigenvalue weighted by molar-refractivity contribution is 5.85. The fraction of sp³-hybridized carbons (Fsp3) is 0.933. The lowest BCUT2D eigenvalue weighted by molar-refractivity contribution is -0.00202. The van der Waals surface area contributed by atoms with Crippen LogP contribution < -0.4 is 5.73 Å². The molecule has 4 nitrogen and oxygen atoms in total. The third-order valence-electron chi connectivity index (χ3n) is 4.24. The van der Waals surface area contributed by atoms with Gasteiger partial charge in [-0.15, -0.1) is 0 Å². The van der Waals surface area contributed by atoms with Crippen LogP contribution in [0.5, 0.6) is 0 Å². The van der Waals surface area contributed by atoms with Crippen molar-refractivity contribution in [2.75, 3.05) is 6.61 Å². The molecule has 1 rings (SSSR count). The zero-order valence-electron chi connectivity index (χ0n) is 12.9. The zero-order chi connectivity index (χ0) is 14.5. The Bertz CT molecular complexity index is 293. The average molecular weight is 270 g/mol. The summed E-state index contributed by atoms with van der Waals surface area (Å²) in [7, 11) is 0. The molecule has 0 aromatic rings. The van der Waals surface area contributed by atoms with Crippen LogP contribution in [0.3, 0.4) is 0 Å². The second kappa shape index (κ2) is 7.13. The van der Waals surface area contributed by atoms with E-state index in [1.54, 1.807) is 0 Å². The highest BCUT2D eigenvalue weighted by atomic mass is 16.5. The number of ether oxygens (including phenoxy) is 1. The number of amidine groups is 1. The van der Waals surface area contributed by atoms with Gasteiger partial charge in [0, 0.05) is 12.0 Å². The average Bonchev–Trinajstić information content (AvgIpc) is 2.32. The molecule has 0 aliphatic heterocycles. The fourth-order valence-corrected chi connectivity index (χ4v) is 3.04. The summed E-state index contributed by atoms with van der Waals surface area (Å²) in [4.78, 5) is 0. The van der Waals surface area contributed by atoms with E-state index in [1.807, 2.05) is 13.8 Å². The van der Waals surface area contributed by atoms with E-state index in [9.17, 15) is 0 Å². The molecule has 0 bridgehead atoms. The lowest BCUT2D eigenvalue weighted by atomic mass is 9.82. The van der Waals surface area contributed by atoms with Gasteiger partial charge in [0.05, 0.1) is 6.10 Å². The van der Waals surface area contributed by atoms with Crippen molar-refractivity contribution in [3.8, 4) is 0 Å². The van der Waals surface area contributed by atoms with E-state index in [2.05, 4.69) is 19.0 Å². The van der Waals surface area contributed by atoms with Crippen LogP contribution in [0, 0.1) is 17.3 Å². The molecule has 2 unspecified atom stereocenters. The first-order valence-corrected chi connectivity index (χ1v) is 7.44. The van der Waals surface area contributed by atoms with Gasteiger partial charge >= 0.3 is 0 Å². The van der Waals surface area contributed by atoms with Gasteiger partial charge in [0.15, 0.2) is 0 Å². The van der Waals surface area contributed by atoms with Gasteiger partial charge in [-0.1, -0.05) is 32.9 Å². The Kier molecular flexibility index (Phi) is 6.11. The van der Waals surface area contributed by atoms with Gasteiger partial charge in [-0.05, 0) is 43.9 Å². The molecule has 0 radical (unpaired) electrons. The van der Waals surface area contributed by atoms with Crippen molar-refractivity contribution in [2.24, 2.45) is 28.1 Å². The van der Waals surface area contributed by atoms with Crippen LogP contribution in [-0.4, -0.2) is 23.8 Å². The Hall–Kier alpha value is -0.770. The predicted octanol–water partition coefficient (Wildman–Crippen LogP) is 3.38. The van der Waals surface area contributed by atoms with Gasteiger partial charge < -0.3 is 15.7 Å². The minimum atomic E-state index is -0.259. The first-order valence-electron chi connectivity index (χ1n) is 7.44. The Labute approximate surface area is 117 Å². The van der Waals surface area contributed by atoms with Gasteiger partial charge in [0.25, 0.3) is 0 Å². The molecule has 19 heavy (non-hydrogen) atoms. The summed E-state index contributed by atoms with van der Waals surface area (Å²) < 4.78 is 5.99. The van der Waals surface area contributed by atoms with Crippen LogP contribution in [-0.2, 0) is 4.74 Å². The quantitative estimate of drug-likeness (QED) is 0.255. The molecular formula is C15H30N2O2. The molecule has 0 heterocycles. The highest BCUT2D eigenvalue weighted by Crippen LogP contribution is 2.30. The van der Waals surface area contributed by atoms with Gasteiger partial charge in [-0.3, -0.25) is 0 Å². The van der Waals surface area contributed by atoms with Crippen LogP contribution in [0.15, 0.2) is 5.16 Å². The summed E-state index contributed by atoms with van der Waals surface area (Å²) >= 11 is 0. The second-order valence-corrected chi connectivity index (χ2v) is 6.88. The molecule has 0 amide bonds. The van der Waals surface area contributed by atoms with Gasteiger partial charge in [-0.2, -0.15) is 0 Å². The number of oxime groups is 1. The molecule has 3 N–H and O–H groups in total. The SMILES string of the molecule is CC1CC(C)CC(OCCCC(C)(C)C(N)=NO)C1. The number of hydrogen-bond acceptors (Lipinski definition) is 3. The van der Waals surface area contributed by atoms with Gasteiger partial charge in [0.1, 0.15) is 5.84 Å². The third kappa shape index (κ3) is 5.39. The van der Waals surface area contributed by atoms with E-state index in [0.717, 1.165) is 31.3 Å². The van der Waals surface area contributed by atoms with Gasteiger partial charge in [0.2, 0.25) is 0 Å². The molecule has 0 saturated heterocycles.